The SMILES string of the molecule is CC(C(=O)O)C(C)C(O)c1cccc(Cl)c1F. The fourth-order valence-electron chi connectivity index (χ4n) is 1.53. The lowest BCUT2D eigenvalue weighted by atomic mass is 9.87. The molecule has 0 amide bonds. The van der Waals surface area contributed by atoms with E-state index < -0.39 is 29.7 Å². The molecule has 0 fully saturated rings. The number of carbonyl (C=O) groups is 1. The molecule has 3 atom stereocenters. The highest BCUT2D eigenvalue weighted by Gasteiger charge is 2.29. The van der Waals surface area contributed by atoms with E-state index in [1.807, 2.05) is 0 Å². The highest BCUT2D eigenvalue weighted by molar-refractivity contribution is 6.30. The molecule has 94 valence electrons. The summed E-state index contributed by atoms with van der Waals surface area (Å²) in [6.45, 7) is 3.03. The quantitative estimate of drug-likeness (QED) is 0.875. The van der Waals surface area contributed by atoms with Crippen molar-refractivity contribution in [3.05, 3.63) is 34.6 Å². The zero-order valence-corrected chi connectivity index (χ0v) is 10.3. The lowest BCUT2D eigenvalue weighted by molar-refractivity contribution is -0.144. The summed E-state index contributed by atoms with van der Waals surface area (Å²) in [5.74, 6) is -3.12. The molecule has 0 saturated heterocycles. The molecular formula is C12H14ClFO3. The van der Waals surface area contributed by atoms with Crippen LogP contribution in [0, 0.1) is 17.7 Å². The van der Waals surface area contributed by atoms with E-state index in [1.165, 1.54) is 25.1 Å². The number of halogens is 2. The summed E-state index contributed by atoms with van der Waals surface area (Å²) in [4.78, 5) is 10.8. The number of carboxylic acid groups (broad SMARTS) is 1. The molecule has 2 N–H and O–H groups in total. The Labute approximate surface area is 104 Å². The summed E-state index contributed by atoms with van der Waals surface area (Å²) in [6, 6.07) is 4.29. The summed E-state index contributed by atoms with van der Waals surface area (Å²) in [5, 5.41) is 18.7. The minimum atomic E-state index is -1.19. The Morgan fingerprint density at radius 1 is 1.41 bits per heavy atom. The lowest BCUT2D eigenvalue weighted by Gasteiger charge is -2.23. The van der Waals surface area contributed by atoms with Crippen LogP contribution in [0.1, 0.15) is 25.5 Å². The van der Waals surface area contributed by atoms with Gasteiger partial charge >= 0.3 is 5.97 Å². The molecule has 1 aromatic rings. The van der Waals surface area contributed by atoms with Gasteiger partial charge in [-0.2, -0.15) is 0 Å². The molecule has 0 aromatic heterocycles. The van der Waals surface area contributed by atoms with Crippen LogP contribution >= 0.6 is 11.6 Å². The smallest absolute Gasteiger partial charge is 0.306 e. The molecule has 1 aromatic carbocycles. The van der Waals surface area contributed by atoms with Gasteiger partial charge in [0.15, 0.2) is 0 Å². The maximum absolute atomic E-state index is 13.6. The van der Waals surface area contributed by atoms with Crippen LogP contribution < -0.4 is 0 Å². The van der Waals surface area contributed by atoms with Crippen molar-refractivity contribution >= 4 is 17.6 Å². The molecule has 3 unspecified atom stereocenters. The van der Waals surface area contributed by atoms with E-state index in [0.717, 1.165) is 0 Å². The van der Waals surface area contributed by atoms with Gasteiger partial charge in [0, 0.05) is 5.56 Å². The van der Waals surface area contributed by atoms with E-state index in [1.54, 1.807) is 6.92 Å². The Hall–Kier alpha value is -1.13. The molecule has 0 aliphatic rings. The third-order valence-electron chi connectivity index (χ3n) is 2.98. The van der Waals surface area contributed by atoms with Crippen molar-refractivity contribution in [2.24, 2.45) is 11.8 Å². The monoisotopic (exact) mass is 260 g/mol. The van der Waals surface area contributed by atoms with Gasteiger partial charge in [-0.3, -0.25) is 4.79 Å². The third-order valence-corrected chi connectivity index (χ3v) is 3.27. The Kier molecular flexibility index (Phi) is 4.48. The topological polar surface area (TPSA) is 57.5 Å². The van der Waals surface area contributed by atoms with Crippen LogP contribution in [0.4, 0.5) is 4.39 Å². The van der Waals surface area contributed by atoms with E-state index in [2.05, 4.69) is 0 Å². The Balaban J connectivity index is 3.00. The average molecular weight is 261 g/mol. The largest absolute Gasteiger partial charge is 0.481 e. The van der Waals surface area contributed by atoms with Crippen LogP contribution in [0.25, 0.3) is 0 Å². The van der Waals surface area contributed by atoms with E-state index in [-0.39, 0.29) is 10.6 Å². The fraction of sp³-hybridized carbons (Fsp3) is 0.417. The van der Waals surface area contributed by atoms with Crippen LogP contribution in [-0.2, 0) is 4.79 Å². The number of aliphatic hydroxyl groups is 1. The molecule has 3 nitrogen and oxygen atoms in total. The van der Waals surface area contributed by atoms with E-state index in [4.69, 9.17) is 16.7 Å². The minimum absolute atomic E-state index is 0.0260. The summed E-state index contributed by atoms with van der Waals surface area (Å²) >= 11 is 5.60. The first kappa shape index (κ1) is 13.9. The van der Waals surface area contributed by atoms with E-state index >= 15 is 0 Å². The van der Waals surface area contributed by atoms with Gasteiger partial charge in [0.1, 0.15) is 5.82 Å². The van der Waals surface area contributed by atoms with Crippen molar-refractivity contribution < 1.29 is 19.4 Å². The first-order valence-corrected chi connectivity index (χ1v) is 5.58. The van der Waals surface area contributed by atoms with Gasteiger partial charge in [0.05, 0.1) is 17.0 Å². The van der Waals surface area contributed by atoms with Crippen molar-refractivity contribution in [3.8, 4) is 0 Å². The number of hydrogen-bond donors (Lipinski definition) is 2. The van der Waals surface area contributed by atoms with Crippen LogP contribution in [0.3, 0.4) is 0 Å². The van der Waals surface area contributed by atoms with Crippen molar-refractivity contribution in [1.82, 2.24) is 0 Å². The standard InChI is InChI=1S/C12H14ClFO3/c1-6(7(2)12(16)17)11(15)8-4-3-5-9(13)10(8)14/h3-7,11,15H,1-2H3,(H,16,17). The summed E-state index contributed by atoms with van der Waals surface area (Å²) in [7, 11) is 0. The van der Waals surface area contributed by atoms with Crippen LogP contribution in [-0.4, -0.2) is 16.2 Å². The Morgan fingerprint density at radius 3 is 2.53 bits per heavy atom. The van der Waals surface area contributed by atoms with Crippen molar-refractivity contribution in [3.63, 3.8) is 0 Å². The molecule has 0 aliphatic carbocycles. The molecule has 1 rings (SSSR count). The predicted molar refractivity (Wildman–Crippen MR) is 62.3 cm³/mol. The molecular weight excluding hydrogens is 247 g/mol. The molecule has 0 aliphatic heterocycles. The summed E-state index contributed by atoms with van der Waals surface area (Å²) < 4.78 is 13.6. The molecule has 0 bridgehead atoms. The number of aliphatic hydroxyl groups excluding tert-OH is 1. The number of benzene rings is 1. The third kappa shape index (κ3) is 2.96. The summed E-state index contributed by atoms with van der Waals surface area (Å²) in [6.07, 6.45) is -1.19. The van der Waals surface area contributed by atoms with Crippen LogP contribution in [0.5, 0.6) is 0 Å². The van der Waals surface area contributed by atoms with Gasteiger partial charge in [0.25, 0.3) is 0 Å². The maximum Gasteiger partial charge on any atom is 0.306 e. The zero-order chi connectivity index (χ0) is 13.2. The van der Waals surface area contributed by atoms with Crippen LogP contribution in [0.2, 0.25) is 5.02 Å². The maximum atomic E-state index is 13.6. The van der Waals surface area contributed by atoms with Crippen molar-refractivity contribution in [2.45, 2.75) is 20.0 Å². The average Bonchev–Trinajstić information content (AvgIpc) is 2.29. The normalized spacial score (nSPS) is 16.3. The van der Waals surface area contributed by atoms with Gasteiger partial charge in [0.2, 0.25) is 0 Å². The molecule has 0 heterocycles. The molecule has 0 radical (unpaired) electrons. The van der Waals surface area contributed by atoms with Gasteiger partial charge < -0.3 is 10.2 Å². The van der Waals surface area contributed by atoms with E-state index in [0.29, 0.717) is 0 Å². The van der Waals surface area contributed by atoms with E-state index in [9.17, 15) is 14.3 Å². The molecule has 0 saturated carbocycles. The number of aliphatic carboxylic acids is 1. The first-order valence-electron chi connectivity index (χ1n) is 5.21. The minimum Gasteiger partial charge on any atom is -0.481 e. The lowest BCUT2D eigenvalue weighted by Crippen LogP contribution is -2.24. The second-order valence-electron chi connectivity index (χ2n) is 4.07. The zero-order valence-electron chi connectivity index (χ0n) is 9.52. The van der Waals surface area contributed by atoms with Crippen LogP contribution in [0.15, 0.2) is 18.2 Å². The first-order chi connectivity index (χ1) is 7.86. The fourth-order valence-corrected chi connectivity index (χ4v) is 1.71. The second kappa shape index (κ2) is 5.47. The Bertz CT molecular complexity index is 422. The second-order valence-corrected chi connectivity index (χ2v) is 4.48. The molecule has 17 heavy (non-hydrogen) atoms. The predicted octanol–water partition coefficient (Wildman–Crippen LogP) is 2.87. The number of rotatable bonds is 4. The summed E-state index contributed by atoms with van der Waals surface area (Å²) in [5.41, 5.74) is 0.0260. The van der Waals surface area contributed by atoms with Gasteiger partial charge in [-0.25, -0.2) is 4.39 Å². The van der Waals surface area contributed by atoms with Crippen molar-refractivity contribution in [2.75, 3.05) is 0 Å². The molecule has 0 spiro atoms. The van der Waals surface area contributed by atoms with Gasteiger partial charge in [-0.1, -0.05) is 37.6 Å². The molecule has 5 heteroatoms. The highest BCUT2D eigenvalue weighted by atomic mass is 35.5. The number of carboxylic acids is 1. The Morgan fingerprint density at radius 2 is 2.00 bits per heavy atom. The number of hydrogen-bond acceptors (Lipinski definition) is 2. The van der Waals surface area contributed by atoms with Crippen molar-refractivity contribution in [1.29, 1.82) is 0 Å². The van der Waals surface area contributed by atoms with Gasteiger partial charge in [-0.15, -0.1) is 0 Å². The van der Waals surface area contributed by atoms with Gasteiger partial charge in [-0.05, 0) is 12.0 Å². The highest BCUT2D eigenvalue weighted by Crippen LogP contribution is 2.31.